The van der Waals surface area contributed by atoms with Crippen LogP contribution in [0.15, 0.2) is 42.2 Å². The fraction of sp³-hybridized carbons (Fsp3) is 0.500. The SMILES string of the molecule is C1=C(CC2(c3ccccc3)CCCC2)NCCN1. The molecule has 3 rings (SSSR count). The molecule has 0 bridgehead atoms. The third-order valence-electron chi connectivity index (χ3n) is 4.37. The van der Waals surface area contributed by atoms with Gasteiger partial charge in [-0.15, -0.1) is 0 Å². The first kappa shape index (κ1) is 11.6. The van der Waals surface area contributed by atoms with Gasteiger partial charge in [0.05, 0.1) is 0 Å². The van der Waals surface area contributed by atoms with Crippen molar-refractivity contribution in [3.8, 4) is 0 Å². The summed E-state index contributed by atoms with van der Waals surface area (Å²) in [7, 11) is 0. The lowest BCUT2D eigenvalue weighted by Crippen LogP contribution is -2.34. The molecule has 1 aliphatic heterocycles. The molecule has 18 heavy (non-hydrogen) atoms. The van der Waals surface area contributed by atoms with E-state index in [1.807, 2.05) is 0 Å². The van der Waals surface area contributed by atoms with Gasteiger partial charge in [-0.25, -0.2) is 0 Å². The molecular formula is C16H22N2. The van der Waals surface area contributed by atoms with Crippen molar-refractivity contribution in [3.05, 3.63) is 47.8 Å². The summed E-state index contributed by atoms with van der Waals surface area (Å²) in [6.45, 7) is 2.10. The van der Waals surface area contributed by atoms with Gasteiger partial charge in [0, 0.05) is 30.4 Å². The molecule has 0 unspecified atom stereocenters. The van der Waals surface area contributed by atoms with E-state index in [1.165, 1.54) is 36.9 Å². The van der Waals surface area contributed by atoms with Gasteiger partial charge in [0.2, 0.25) is 0 Å². The average molecular weight is 242 g/mol. The summed E-state index contributed by atoms with van der Waals surface area (Å²) in [5.74, 6) is 0. The maximum Gasteiger partial charge on any atom is 0.0317 e. The van der Waals surface area contributed by atoms with Gasteiger partial charge < -0.3 is 10.6 Å². The third kappa shape index (κ3) is 2.24. The standard InChI is InChI=1S/C16H22N2/c1-2-6-14(7-3-1)16(8-4-5-9-16)12-15-13-17-10-11-18-15/h1-3,6-7,13,17-18H,4-5,8-12H2. The average Bonchev–Trinajstić information content (AvgIpc) is 2.91. The largest absolute Gasteiger partial charge is 0.388 e. The van der Waals surface area contributed by atoms with Crippen LogP contribution in [-0.4, -0.2) is 13.1 Å². The van der Waals surface area contributed by atoms with E-state index < -0.39 is 0 Å². The predicted octanol–water partition coefficient (Wildman–Crippen LogP) is 2.92. The van der Waals surface area contributed by atoms with Gasteiger partial charge in [-0.05, 0) is 24.8 Å². The Morgan fingerprint density at radius 3 is 2.44 bits per heavy atom. The van der Waals surface area contributed by atoms with E-state index in [0.29, 0.717) is 5.41 Å². The van der Waals surface area contributed by atoms with Crippen molar-refractivity contribution < 1.29 is 0 Å². The molecule has 0 atom stereocenters. The van der Waals surface area contributed by atoms with Crippen LogP contribution in [0.2, 0.25) is 0 Å². The van der Waals surface area contributed by atoms with Gasteiger partial charge in [0.15, 0.2) is 0 Å². The first-order valence-electron chi connectivity index (χ1n) is 7.11. The lowest BCUT2D eigenvalue weighted by atomic mass is 9.75. The van der Waals surface area contributed by atoms with E-state index in [9.17, 15) is 0 Å². The molecule has 1 aliphatic carbocycles. The maximum atomic E-state index is 3.54. The zero-order valence-electron chi connectivity index (χ0n) is 10.9. The van der Waals surface area contributed by atoms with Crippen molar-refractivity contribution in [1.82, 2.24) is 10.6 Å². The number of benzene rings is 1. The van der Waals surface area contributed by atoms with Crippen LogP contribution in [0, 0.1) is 0 Å². The highest BCUT2D eigenvalue weighted by Crippen LogP contribution is 2.45. The minimum Gasteiger partial charge on any atom is -0.388 e. The molecule has 0 radical (unpaired) electrons. The van der Waals surface area contributed by atoms with Gasteiger partial charge in [-0.3, -0.25) is 0 Å². The molecule has 1 heterocycles. The Bertz CT molecular complexity index is 416. The molecule has 2 aliphatic rings. The highest BCUT2D eigenvalue weighted by Gasteiger charge is 2.36. The van der Waals surface area contributed by atoms with Gasteiger partial charge in [0.25, 0.3) is 0 Å². The van der Waals surface area contributed by atoms with Gasteiger partial charge in [0.1, 0.15) is 0 Å². The summed E-state index contributed by atoms with van der Waals surface area (Å²) in [5, 5.41) is 6.89. The normalized spacial score (nSPS) is 21.9. The monoisotopic (exact) mass is 242 g/mol. The smallest absolute Gasteiger partial charge is 0.0317 e. The number of rotatable bonds is 3. The van der Waals surface area contributed by atoms with E-state index in [-0.39, 0.29) is 0 Å². The molecule has 96 valence electrons. The second-order valence-corrected chi connectivity index (χ2v) is 5.58. The summed E-state index contributed by atoms with van der Waals surface area (Å²) in [6, 6.07) is 11.1. The van der Waals surface area contributed by atoms with Crippen molar-refractivity contribution in [1.29, 1.82) is 0 Å². The van der Waals surface area contributed by atoms with E-state index in [1.54, 1.807) is 0 Å². The van der Waals surface area contributed by atoms with E-state index in [4.69, 9.17) is 0 Å². The van der Waals surface area contributed by atoms with E-state index in [0.717, 1.165) is 19.5 Å². The summed E-state index contributed by atoms with van der Waals surface area (Å²) >= 11 is 0. The van der Waals surface area contributed by atoms with Crippen LogP contribution in [0.25, 0.3) is 0 Å². The first-order chi connectivity index (χ1) is 8.89. The summed E-state index contributed by atoms with van der Waals surface area (Å²) in [4.78, 5) is 0. The Labute approximate surface area is 109 Å². The van der Waals surface area contributed by atoms with Crippen molar-refractivity contribution in [2.24, 2.45) is 0 Å². The van der Waals surface area contributed by atoms with Crippen molar-refractivity contribution in [2.75, 3.05) is 13.1 Å². The molecule has 1 aromatic carbocycles. The quantitative estimate of drug-likeness (QED) is 0.851. The second-order valence-electron chi connectivity index (χ2n) is 5.58. The topological polar surface area (TPSA) is 24.1 Å². The second kappa shape index (κ2) is 5.05. The molecule has 0 aromatic heterocycles. The Balaban J connectivity index is 1.85. The predicted molar refractivity (Wildman–Crippen MR) is 75.3 cm³/mol. The van der Waals surface area contributed by atoms with Gasteiger partial charge in [-0.2, -0.15) is 0 Å². The minimum atomic E-state index is 0.374. The van der Waals surface area contributed by atoms with Gasteiger partial charge >= 0.3 is 0 Å². The molecule has 2 nitrogen and oxygen atoms in total. The molecule has 0 spiro atoms. The minimum absolute atomic E-state index is 0.374. The number of nitrogens with one attached hydrogen (secondary N) is 2. The van der Waals surface area contributed by atoms with Crippen LogP contribution in [-0.2, 0) is 5.41 Å². The van der Waals surface area contributed by atoms with Gasteiger partial charge in [-0.1, -0.05) is 43.2 Å². The van der Waals surface area contributed by atoms with Crippen molar-refractivity contribution in [3.63, 3.8) is 0 Å². The molecule has 1 aromatic rings. The lowest BCUT2D eigenvalue weighted by Gasteiger charge is -2.32. The van der Waals surface area contributed by atoms with Crippen molar-refractivity contribution >= 4 is 0 Å². The van der Waals surface area contributed by atoms with Crippen LogP contribution in [0.3, 0.4) is 0 Å². The first-order valence-corrected chi connectivity index (χ1v) is 7.11. The molecular weight excluding hydrogens is 220 g/mol. The van der Waals surface area contributed by atoms with Crippen LogP contribution in [0.5, 0.6) is 0 Å². The van der Waals surface area contributed by atoms with E-state index >= 15 is 0 Å². The number of allylic oxidation sites excluding steroid dienone is 1. The maximum absolute atomic E-state index is 3.54. The highest BCUT2D eigenvalue weighted by atomic mass is 15.0. The number of hydrogen-bond acceptors (Lipinski definition) is 2. The van der Waals surface area contributed by atoms with Crippen LogP contribution in [0.1, 0.15) is 37.7 Å². The molecule has 1 fully saturated rings. The summed E-state index contributed by atoms with van der Waals surface area (Å²) < 4.78 is 0. The van der Waals surface area contributed by atoms with Crippen molar-refractivity contribution in [2.45, 2.75) is 37.5 Å². The molecule has 2 heteroatoms. The molecule has 0 amide bonds. The Morgan fingerprint density at radius 2 is 1.78 bits per heavy atom. The van der Waals surface area contributed by atoms with Crippen LogP contribution >= 0.6 is 0 Å². The van der Waals surface area contributed by atoms with Crippen LogP contribution < -0.4 is 10.6 Å². The Hall–Kier alpha value is -1.44. The highest BCUT2D eigenvalue weighted by molar-refractivity contribution is 5.29. The third-order valence-corrected chi connectivity index (χ3v) is 4.37. The molecule has 2 N–H and O–H groups in total. The summed E-state index contributed by atoms with van der Waals surface area (Å²) in [6.07, 6.45) is 8.73. The fourth-order valence-electron chi connectivity index (χ4n) is 3.43. The molecule has 1 saturated carbocycles. The zero-order chi connectivity index (χ0) is 12.3. The zero-order valence-corrected chi connectivity index (χ0v) is 10.9. The van der Waals surface area contributed by atoms with E-state index in [2.05, 4.69) is 47.2 Å². The lowest BCUT2D eigenvalue weighted by molar-refractivity contribution is 0.418. The fourth-order valence-corrected chi connectivity index (χ4v) is 3.43. The summed E-state index contributed by atoms with van der Waals surface area (Å²) in [5.41, 5.74) is 3.28. The van der Waals surface area contributed by atoms with Crippen LogP contribution in [0.4, 0.5) is 0 Å². The molecule has 0 saturated heterocycles. The number of hydrogen-bond donors (Lipinski definition) is 2. The Kier molecular flexibility index (Phi) is 3.26. The Morgan fingerprint density at radius 1 is 1.00 bits per heavy atom.